The van der Waals surface area contributed by atoms with Crippen LogP contribution in [0.1, 0.15) is 42.2 Å². The van der Waals surface area contributed by atoms with E-state index in [-0.39, 0.29) is 22.3 Å². The van der Waals surface area contributed by atoms with Crippen molar-refractivity contribution in [2.75, 3.05) is 0 Å². The molecule has 10 nitrogen and oxygen atoms in total. The SMILES string of the molecule is O=C(OS(=O)(=O)c1ccc2c(c1)C(=O)c1ccccc1C2=O)c1cc(S(=O)(=O)O)ccc1O. The minimum Gasteiger partial charge on any atom is -0.507 e. The van der Waals surface area contributed by atoms with Gasteiger partial charge in [-0.05, 0) is 36.4 Å². The van der Waals surface area contributed by atoms with Crippen molar-refractivity contribution in [3.8, 4) is 5.75 Å². The van der Waals surface area contributed by atoms with Crippen LogP contribution in [0.25, 0.3) is 0 Å². The second-order valence-electron chi connectivity index (χ2n) is 6.89. The molecule has 33 heavy (non-hydrogen) atoms. The van der Waals surface area contributed by atoms with Gasteiger partial charge in [-0.2, -0.15) is 16.8 Å². The third kappa shape index (κ3) is 3.91. The van der Waals surface area contributed by atoms with Crippen molar-refractivity contribution in [2.45, 2.75) is 9.79 Å². The third-order valence-corrected chi connectivity index (χ3v) is 6.91. The van der Waals surface area contributed by atoms with Crippen molar-refractivity contribution in [3.05, 3.63) is 88.5 Å². The summed E-state index contributed by atoms with van der Waals surface area (Å²) in [5.41, 5.74) is -0.805. The van der Waals surface area contributed by atoms with E-state index in [1.54, 1.807) is 12.1 Å². The first-order valence-electron chi connectivity index (χ1n) is 9.02. The zero-order valence-electron chi connectivity index (χ0n) is 16.3. The number of ketones is 2. The fraction of sp³-hybridized carbons (Fsp3) is 0. The van der Waals surface area contributed by atoms with Crippen molar-refractivity contribution in [1.29, 1.82) is 0 Å². The molecule has 1 aliphatic carbocycles. The number of hydrogen-bond donors (Lipinski definition) is 2. The van der Waals surface area contributed by atoms with Gasteiger partial charge in [0.2, 0.25) is 0 Å². The molecular weight excluding hydrogens is 476 g/mol. The lowest BCUT2D eigenvalue weighted by Gasteiger charge is -2.18. The van der Waals surface area contributed by atoms with Gasteiger partial charge < -0.3 is 9.29 Å². The van der Waals surface area contributed by atoms with Gasteiger partial charge in [-0.25, -0.2) is 4.79 Å². The molecule has 3 aromatic carbocycles. The molecule has 2 N–H and O–H groups in total. The summed E-state index contributed by atoms with van der Waals surface area (Å²) in [6.07, 6.45) is 0. The number of hydrogen-bond acceptors (Lipinski definition) is 9. The van der Waals surface area contributed by atoms with Gasteiger partial charge in [0.25, 0.3) is 10.1 Å². The molecule has 3 aromatic rings. The second kappa shape index (κ2) is 7.62. The minimum atomic E-state index is -4.86. The average molecular weight is 488 g/mol. The van der Waals surface area contributed by atoms with E-state index < -0.39 is 58.9 Å². The summed E-state index contributed by atoms with van der Waals surface area (Å²) in [5, 5.41) is 9.80. The summed E-state index contributed by atoms with van der Waals surface area (Å²) >= 11 is 0. The number of carbonyl (C=O) groups is 3. The molecule has 0 saturated heterocycles. The molecule has 1 aliphatic rings. The van der Waals surface area contributed by atoms with Gasteiger partial charge in [-0.15, -0.1) is 0 Å². The van der Waals surface area contributed by atoms with Crippen molar-refractivity contribution in [2.24, 2.45) is 0 Å². The van der Waals surface area contributed by atoms with E-state index in [0.29, 0.717) is 6.07 Å². The first-order valence-corrected chi connectivity index (χ1v) is 11.9. The predicted octanol–water partition coefficient (Wildman–Crippen LogP) is 1.96. The van der Waals surface area contributed by atoms with Crippen molar-refractivity contribution >= 4 is 37.8 Å². The zero-order valence-corrected chi connectivity index (χ0v) is 17.9. The number of aromatic hydroxyl groups is 1. The van der Waals surface area contributed by atoms with Gasteiger partial charge in [0.05, 0.1) is 4.90 Å². The van der Waals surface area contributed by atoms with E-state index in [9.17, 15) is 36.3 Å². The smallest absolute Gasteiger partial charge is 0.357 e. The molecule has 0 spiro atoms. The first-order chi connectivity index (χ1) is 15.4. The van der Waals surface area contributed by atoms with Crippen LogP contribution >= 0.6 is 0 Å². The van der Waals surface area contributed by atoms with E-state index in [4.69, 9.17) is 4.55 Å². The van der Waals surface area contributed by atoms with Crippen LogP contribution in [0, 0.1) is 0 Å². The molecule has 0 atom stereocenters. The maximum absolute atomic E-state index is 12.8. The Morgan fingerprint density at radius 3 is 1.88 bits per heavy atom. The highest BCUT2D eigenvalue weighted by molar-refractivity contribution is 7.87. The molecule has 0 amide bonds. The van der Waals surface area contributed by atoms with E-state index in [1.807, 2.05) is 0 Å². The Labute approximate surface area is 186 Å². The van der Waals surface area contributed by atoms with Crippen LogP contribution in [0.3, 0.4) is 0 Å². The molecule has 0 aromatic heterocycles. The highest BCUT2D eigenvalue weighted by Crippen LogP contribution is 2.30. The molecule has 0 aliphatic heterocycles. The Bertz CT molecular complexity index is 1580. The van der Waals surface area contributed by atoms with Crippen LogP contribution in [0.2, 0.25) is 0 Å². The molecule has 12 heteroatoms. The number of phenolic OH excluding ortho intramolecular Hbond substituents is 1. The van der Waals surface area contributed by atoms with Gasteiger partial charge in [0.1, 0.15) is 16.2 Å². The van der Waals surface area contributed by atoms with E-state index in [0.717, 1.165) is 30.3 Å². The first kappa shape index (κ1) is 22.3. The lowest BCUT2D eigenvalue weighted by Crippen LogP contribution is -2.22. The molecular formula is C21H12O10S2. The summed E-state index contributed by atoms with van der Waals surface area (Å²) in [5.74, 6) is -3.51. The summed E-state index contributed by atoms with van der Waals surface area (Å²) in [6, 6.07) is 11.1. The quantitative estimate of drug-likeness (QED) is 0.320. The zero-order chi connectivity index (χ0) is 24.1. The second-order valence-corrected chi connectivity index (χ2v) is 9.86. The van der Waals surface area contributed by atoms with E-state index >= 15 is 0 Å². The fourth-order valence-electron chi connectivity index (χ4n) is 3.27. The van der Waals surface area contributed by atoms with Crippen LogP contribution in [0.5, 0.6) is 5.75 Å². The summed E-state index contributed by atoms with van der Waals surface area (Å²) < 4.78 is 61.4. The van der Waals surface area contributed by atoms with Gasteiger partial charge in [-0.1, -0.05) is 24.3 Å². The Morgan fingerprint density at radius 2 is 1.27 bits per heavy atom. The number of fused-ring (bicyclic) bond motifs is 2. The third-order valence-electron chi connectivity index (χ3n) is 4.86. The average Bonchev–Trinajstić information content (AvgIpc) is 2.76. The lowest BCUT2D eigenvalue weighted by molar-refractivity contribution is 0.0743. The van der Waals surface area contributed by atoms with Crippen molar-refractivity contribution in [3.63, 3.8) is 0 Å². The van der Waals surface area contributed by atoms with Crippen LogP contribution in [-0.4, -0.2) is 44.0 Å². The molecule has 168 valence electrons. The topological polar surface area (TPSA) is 169 Å². The highest BCUT2D eigenvalue weighted by atomic mass is 32.2. The molecule has 0 saturated carbocycles. The number of rotatable bonds is 4. The van der Waals surface area contributed by atoms with Crippen LogP contribution in [0.15, 0.2) is 70.5 Å². The molecule has 0 fully saturated rings. The summed E-state index contributed by atoms with van der Waals surface area (Å²) in [7, 11) is -9.62. The number of carbonyl (C=O) groups excluding carboxylic acids is 3. The van der Waals surface area contributed by atoms with Crippen LogP contribution in [0.4, 0.5) is 0 Å². The minimum absolute atomic E-state index is 0.0255. The van der Waals surface area contributed by atoms with Gasteiger partial charge in [0.15, 0.2) is 11.6 Å². The van der Waals surface area contributed by atoms with Crippen molar-refractivity contribution in [1.82, 2.24) is 0 Å². The molecule has 0 heterocycles. The maximum Gasteiger partial charge on any atom is 0.357 e. The highest BCUT2D eigenvalue weighted by Gasteiger charge is 2.32. The lowest BCUT2D eigenvalue weighted by atomic mass is 9.84. The largest absolute Gasteiger partial charge is 0.507 e. The maximum atomic E-state index is 12.8. The standard InChI is InChI=1S/C21H12O10S2/c22-18-8-6-11(32(26,27)28)9-17(18)21(25)31-33(29,30)12-5-7-15-16(10-12)20(24)14-4-2-1-3-13(14)19(15)23/h1-10,22H,(H,26,27,28). The Balaban J connectivity index is 1.70. The Kier molecular flexibility index (Phi) is 5.16. The summed E-state index contributed by atoms with van der Waals surface area (Å²) in [6.45, 7) is 0. The van der Waals surface area contributed by atoms with E-state index in [2.05, 4.69) is 4.18 Å². The predicted molar refractivity (Wildman–Crippen MR) is 110 cm³/mol. The molecule has 0 unspecified atom stereocenters. The Hall–Kier alpha value is -3.87. The van der Waals surface area contributed by atoms with Crippen LogP contribution in [-0.2, 0) is 24.4 Å². The monoisotopic (exact) mass is 488 g/mol. The Morgan fingerprint density at radius 1 is 0.727 bits per heavy atom. The fourth-order valence-corrected chi connectivity index (χ4v) is 4.65. The molecule has 4 rings (SSSR count). The van der Waals surface area contributed by atoms with Gasteiger partial charge in [-0.3, -0.25) is 14.1 Å². The number of benzene rings is 3. The van der Waals surface area contributed by atoms with Gasteiger partial charge in [0, 0.05) is 22.3 Å². The molecule has 0 radical (unpaired) electrons. The van der Waals surface area contributed by atoms with Crippen LogP contribution < -0.4 is 0 Å². The number of phenols is 1. The van der Waals surface area contributed by atoms with E-state index in [1.165, 1.54) is 12.1 Å². The summed E-state index contributed by atoms with van der Waals surface area (Å²) in [4.78, 5) is 36.4. The van der Waals surface area contributed by atoms with Gasteiger partial charge >= 0.3 is 16.1 Å². The van der Waals surface area contributed by atoms with Crippen molar-refractivity contribution < 1.29 is 45.1 Å². The normalized spacial score (nSPS) is 13.2. The molecule has 0 bridgehead atoms.